The average molecular weight is 509 g/mol. The molecule has 7 nitrogen and oxygen atoms in total. The van der Waals surface area contributed by atoms with E-state index in [0.717, 1.165) is 12.1 Å². The van der Waals surface area contributed by atoms with E-state index in [1.54, 1.807) is 42.7 Å². The Labute approximate surface area is 200 Å². The van der Waals surface area contributed by atoms with Gasteiger partial charge in [0.15, 0.2) is 0 Å². The van der Waals surface area contributed by atoms with E-state index in [-0.39, 0.29) is 5.69 Å². The first-order chi connectivity index (χ1) is 17.0. The molecular weight excluding hydrogens is 492 g/mol. The summed E-state index contributed by atoms with van der Waals surface area (Å²) in [6.45, 7) is 2.00. The molecule has 0 aliphatic carbocycles. The molecule has 0 unspecified atom stereocenters. The van der Waals surface area contributed by atoms with Crippen LogP contribution < -0.4 is 5.32 Å². The second kappa shape index (κ2) is 10.2. The monoisotopic (exact) mass is 509 g/mol. The number of rotatable bonds is 5. The minimum Gasteiger partial charge on any atom is -0.369 e. The molecule has 4 aromatic rings. The Morgan fingerprint density at radius 1 is 0.778 bits per heavy atom. The first-order valence-electron chi connectivity index (χ1n) is 9.94. The van der Waals surface area contributed by atoms with Crippen LogP contribution in [0.1, 0.15) is 5.56 Å². The molecule has 3 aromatic heterocycles. The lowest BCUT2D eigenvalue weighted by molar-refractivity contribution is -0.376. The third-order valence-corrected chi connectivity index (χ3v) is 4.99. The molecule has 3 heterocycles. The van der Waals surface area contributed by atoms with E-state index in [4.69, 9.17) is 4.79 Å². The second-order valence-electron chi connectivity index (χ2n) is 7.18. The summed E-state index contributed by atoms with van der Waals surface area (Å²) in [5.74, 6) is 0.382. The number of halogens is 6. The van der Waals surface area contributed by atoms with Crippen LogP contribution in [0.25, 0.3) is 16.9 Å². The molecule has 0 atom stereocenters. The summed E-state index contributed by atoms with van der Waals surface area (Å²) < 4.78 is 80.5. The lowest BCUT2D eigenvalue weighted by atomic mass is 9.92. The van der Waals surface area contributed by atoms with Crippen LogP contribution in [0, 0.1) is 0 Å². The number of hydrogen-bond donors (Lipinski definition) is 2. The summed E-state index contributed by atoms with van der Waals surface area (Å²) in [5, 5.41) is 17.2. The number of nitrogens with zero attached hydrogens (tertiary/aromatic N) is 4. The van der Waals surface area contributed by atoms with Gasteiger partial charge in [-0.2, -0.15) is 31.4 Å². The molecule has 0 spiro atoms. The van der Waals surface area contributed by atoms with Gasteiger partial charge in [-0.25, -0.2) is 4.68 Å². The summed E-state index contributed by atoms with van der Waals surface area (Å²) in [5.41, 5.74) is -4.42. The summed E-state index contributed by atoms with van der Waals surface area (Å²) in [6.07, 6.45) is -5.77. The number of nitrogens with one attached hydrogen (secondary N) is 1. The number of aliphatic hydroxyl groups is 1. The number of carbonyl (C=O) groups excluding carboxylic acids is 1. The van der Waals surface area contributed by atoms with E-state index < -0.39 is 23.5 Å². The number of pyridine rings is 2. The van der Waals surface area contributed by atoms with Crippen LogP contribution in [0.5, 0.6) is 0 Å². The molecule has 4 rings (SSSR count). The molecule has 13 heteroatoms. The van der Waals surface area contributed by atoms with Crippen molar-refractivity contribution in [3.8, 4) is 16.9 Å². The Morgan fingerprint density at radius 3 is 1.78 bits per heavy atom. The highest BCUT2D eigenvalue weighted by atomic mass is 19.4. The third kappa shape index (κ3) is 5.05. The number of carbonyl (C=O) groups is 1. The zero-order chi connectivity index (χ0) is 26.6. The van der Waals surface area contributed by atoms with Crippen molar-refractivity contribution < 1.29 is 36.2 Å². The molecule has 0 bridgehead atoms. The third-order valence-electron chi connectivity index (χ3n) is 4.99. The van der Waals surface area contributed by atoms with Crippen LogP contribution in [-0.4, -0.2) is 44.0 Å². The van der Waals surface area contributed by atoms with E-state index in [9.17, 15) is 31.4 Å². The first-order valence-corrected chi connectivity index (χ1v) is 9.94. The van der Waals surface area contributed by atoms with E-state index >= 15 is 0 Å². The van der Waals surface area contributed by atoms with Crippen molar-refractivity contribution >= 4 is 18.3 Å². The number of alkyl halides is 6. The fraction of sp³-hybridized carbons (Fsp3) is 0.130. The molecule has 0 radical (unpaired) electrons. The number of aromatic nitrogens is 4. The van der Waals surface area contributed by atoms with E-state index in [1.807, 2.05) is 6.79 Å². The van der Waals surface area contributed by atoms with E-state index in [1.165, 1.54) is 17.1 Å². The molecule has 0 amide bonds. The molecule has 0 saturated heterocycles. The van der Waals surface area contributed by atoms with Crippen molar-refractivity contribution in [3.63, 3.8) is 0 Å². The molecule has 0 fully saturated rings. The van der Waals surface area contributed by atoms with Crippen molar-refractivity contribution in [1.82, 2.24) is 19.7 Å². The molecule has 1 aromatic carbocycles. The Morgan fingerprint density at radius 2 is 1.28 bits per heavy atom. The topological polar surface area (TPSA) is 92.9 Å². The Balaban J connectivity index is 0.00000176. The minimum absolute atomic E-state index is 0.160. The number of benzene rings is 1. The fourth-order valence-electron chi connectivity index (χ4n) is 3.25. The highest BCUT2D eigenvalue weighted by Crippen LogP contribution is 2.50. The van der Waals surface area contributed by atoms with Crippen LogP contribution in [0.2, 0.25) is 0 Å². The minimum atomic E-state index is -5.97. The maximum atomic E-state index is 13.2. The van der Waals surface area contributed by atoms with Gasteiger partial charge < -0.3 is 15.2 Å². The van der Waals surface area contributed by atoms with Crippen LogP contribution >= 0.6 is 0 Å². The lowest BCUT2D eigenvalue weighted by Crippen LogP contribution is -2.53. The maximum Gasteiger partial charge on any atom is 0.430 e. The molecular formula is C23H17F6N5O2. The predicted octanol–water partition coefficient (Wildman–Crippen LogP) is 5.20. The van der Waals surface area contributed by atoms with Gasteiger partial charge in [-0.15, -0.1) is 0 Å². The zero-order valence-corrected chi connectivity index (χ0v) is 18.1. The van der Waals surface area contributed by atoms with Gasteiger partial charge in [0.05, 0.1) is 11.4 Å². The maximum absolute atomic E-state index is 13.2. The first kappa shape index (κ1) is 26.3. The van der Waals surface area contributed by atoms with Gasteiger partial charge in [0, 0.05) is 47.7 Å². The predicted molar refractivity (Wildman–Crippen MR) is 117 cm³/mol. The fourth-order valence-corrected chi connectivity index (χ4v) is 3.25. The van der Waals surface area contributed by atoms with Gasteiger partial charge >= 0.3 is 12.4 Å². The van der Waals surface area contributed by atoms with Crippen molar-refractivity contribution in [1.29, 1.82) is 0 Å². The SMILES string of the molecule is C=O.OC(c1ccc(-n2nc(-c3ccncc3)cc2Nc2ccncc2)cc1)(C(F)(F)F)C(F)(F)F. The normalized spacial score (nSPS) is 12.0. The summed E-state index contributed by atoms with van der Waals surface area (Å²) in [4.78, 5) is 15.8. The van der Waals surface area contributed by atoms with Crippen LogP contribution in [0.4, 0.5) is 37.8 Å². The van der Waals surface area contributed by atoms with Crippen molar-refractivity contribution in [2.75, 3.05) is 5.32 Å². The smallest absolute Gasteiger partial charge is 0.369 e. The van der Waals surface area contributed by atoms with Crippen molar-refractivity contribution in [2.45, 2.75) is 18.0 Å². The van der Waals surface area contributed by atoms with Crippen molar-refractivity contribution in [3.05, 3.63) is 84.9 Å². The Hall–Kier alpha value is -4.26. The van der Waals surface area contributed by atoms with Crippen LogP contribution in [0.3, 0.4) is 0 Å². The standard InChI is InChI=1S/C22H15F6N5O.CH2O/c23-21(24,25)20(34,22(26,27)28)15-1-3-17(4-2-15)33-19(31-16-7-11-30-12-8-16)13-18(32-33)14-5-9-29-10-6-14;1-2/h1-13,34H,(H,30,31);1H2. The second-order valence-corrected chi connectivity index (χ2v) is 7.18. The lowest BCUT2D eigenvalue weighted by Gasteiger charge is -2.32. The quantitative estimate of drug-likeness (QED) is 0.360. The number of hydrogen-bond acceptors (Lipinski definition) is 6. The van der Waals surface area contributed by atoms with Gasteiger partial charge in [-0.05, 0) is 36.4 Å². The van der Waals surface area contributed by atoms with Gasteiger partial charge in [-0.1, -0.05) is 12.1 Å². The van der Waals surface area contributed by atoms with Gasteiger partial charge in [0.1, 0.15) is 12.6 Å². The molecule has 0 aliphatic rings. The summed E-state index contributed by atoms with van der Waals surface area (Å²) in [7, 11) is 0. The highest BCUT2D eigenvalue weighted by molar-refractivity contribution is 5.67. The van der Waals surface area contributed by atoms with Gasteiger partial charge in [0.2, 0.25) is 0 Å². The van der Waals surface area contributed by atoms with Crippen molar-refractivity contribution in [2.24, 2.45) is 0 Å². The molecule has 188 valence electrons. The van der Waals surface area contributed by atoms with Crippen LogP contribution in [-0.2, 0) is 10.4 Å². The largest absolute Gasteiger partial charge is 0.430 e. The Bertz CT molecular complexity index is 1260. The van der Waals surface area contributed by atoms with Gasteiger partial charge in [0.25, 0.3) is 5.60 Å². The molecule has 2 N–H and O–H groups in total. The molecule has 0 aliphatic heterocycles. The van der Waals surface area contributed by atoms with Crippen LogP contribution in [0.15, 0.2) is 79.4 Å². The zero-order valence-electron chi connectivity index (χ0n) is 18.1. The van der Waals surface area contributed by atoms with E-state index in [0.29, 0.717) is 34.9 Å². The molecule has 36 heavy (non-hydrogen) atoms. The summed E-state index contributed by atoms with van der Waals surface area (Å²) in [6, 6.07) is 11.5. The Kier molecular flexibility index (Phi) is 7.43. The van der Waals surface area contributed by atoms with E-state index in [2.05, 4.69) is 20.4 Å². The average Bonchev–Trinajstić information content (AvgIpc) is 3.28. The van der Waals surface area contributed by atoms with Gasteiger partial charge in [-0.3, -0.25) is 9.97 Å². The number of anilines is 2. The summed E-state index contributed by atoms with van der Waals surface area (Å²) >= 11 is 0. The molecule has 0 saturated carbocycles. The highest BCUT2D eigenvalue weighted by Gasteiger charge is 2.71.